The number of thioether (sulfide) groups is 1. The second kappa shape index (κ2) is 5.36. The molecule has 2 rings (SSSR count). The summed E-state index contributed by atoms with van der Waals surface area (Å²) in [6.07, 6.45) is 2.63. The molecule has 1 saturated heterocycles. The van der Waals surface area contributed by atoms with Crippen molar-refractivity contribution in [2.24, 2.45) is 5.92 Å². The molecule has 0 aliphatic carbocycles. The Balaban J connectivity index is 2.13. The zero-order valence-corrected chi connectivity index (χ0v) is 11.5. The summed E-state index contributed by atoms with van der Waals surface area (Å²) >= 11 is 7.37. The third-order valence-corrected chi connectivity index (χ3v) is 4.45. The van der Waals surface area contributed by atoms with Gasteiger partial charge in [-0.05, 0) is 42.5 Å². The van der Waals surface area contributed by atoms with E-state index in [0.29, 0.717) is 5.92 Å². The summed E-state index contributed by atoms with van der Waals surface area (Å²) < 4.78 is 2.97. The SMILES string of the molecule is CC(C)c1n[nH]c(=S)n1CC1CCSCC1. The van der Waals surface area contributed by atoms with E-state index >= 15 is 0 Å². The van der Waals surface area contributed by atoms with Crippen molar-refractivity contribution in [2.75, 3.05) is 11.5 Å². The number of aromatic amines is 1. The molecule has 0 amide bonds. The fourth-order valence-electron chi connectivity index (χ4n) is 2.13. The molecule has 1 N–H and O–H groups in total. The van der Waals surface area contributed by atoms with E-state index in [1.165, 1.54) is 24.3 Å². The average Bonchev–Trinajstić information content (AvgIpc) is 2.62. The molecule has 0 atom stereocenters. The van der Waals surface area contributed by atoms with Crippen molar-refractivity contribution in [1.82, 2.24) is 14.8 Å². The Labute approximate surface area is 106 Å². The molecule has 0 radical (unpaired) electrons. The first-order valence-corrected chi connectivity index (χ1v) is 7.47. The van der Waals surface area contributed by atoms with Gasteiger partial charge in [-0.2, -0.15) is 16.9 Å². The van der Waals surface area contributed by atoms with Gasteiger partial charge in [-0.15, -0.1) is 0 Å². The van der Waals surface area contributed by atoms with Gasteiger partial charge in [0.05, 0.1) is 0 Å². The van der Waals surface area contributed by atoms with Crippen molar-refractivity contribution >= 4 is 24.0 Å². The Morgan fingerprint density at radius 1 is 1.50 bits per heavy atom. The van der Waals surface area contributed by atoms with E-state index in [0.717, 1.165) is 23.1 Å². The third kappa shape index (κ3) is 2.69. The van der Waals surface area contributed by atoms with E-state index in [-0.39, 0.29) is 0 Å². The fourth-order valence-corrected chi connectivity index (χ4v) is 3.55. The minimum Gasteiger partial charge on any atom is -0.304 e. The topological polar surface area (TPSA) is 33.6 Å². The normalized spacial score (nSPS) is 18.2. The van der Waals surface area contributed by atoms with Crippen molar-refractivity contribution in [3.8, 4) is 0 Å². The highest BCUT2D eigenvalue weighted by Gasteiger charge is 2.17. The van der Waals surface area contributed by atoms with E-state index in [1.54, 1.807) is 0 Å². The number of hydrogen-bond acceptors (Lipinski definition) is 3. The van der Waals surface area contributed by atoms with Gasteiger partial charge in [0, 0.05) is 12.5 Å². The van der Waals surface area contributed by atoms with Gasteiger partial charge < -0.3 is 4.57 Å². The fraction of sp³-hybridized carbons (Fsp3) is 0.818. The van der Waals surface area contributed by atoms with Gasteiger partial charge in [0.2, 0.25) is 0 Å². The number of rotatable bonds is 3. The van der Waals surface area contributed by atoms with E-state index in [4.69, 9.17) is 12.2 Å². The molecule has 1 fully saturated rings. The molecule has 0 unspecified atom stereocenters. The summed E-state index contributed by atoms with van der Waals surface area (Å²) in [5, 5.41) is 7.24. The van der Waals surface area contributed by atoms with Crippen LogP contribution in [-0.4, -0.2) is 26.3 Å². The molecule has 1 aromatic heterocycles. The van der Waals surface area contributed by atoms with Gasteiger partial charge >= 0.3 is 0 Å². The first-order valence-electron chi connectivity index (χ1n) is 5.91. The van der Waals surface area contributed by atoms with Crippen LogP contribution in [0.25, 0.3) is 0 Å². The van der Waals surface area contributed by atoms with Crippen LogP contribution in [0.4, 0.5) is 0 Å². The summed E-state index contributed by atoms with van der Waals surface area (Å²) in [7, 11) is 0. The molecular formula is C11H19N3S2. The van der Waals surface area contributed by atoms with E-state index in [2.05, 4.69) is 40.4 Å². The highest BCUT2D eigenvalue weighted by atomic mass is 32.2. The molecule has 0 bridgehead atoms. The van der Waals surface area contributed by atoms with E-state index < -0.39 is 0 Å². The van der Waals surface area contributed by atoms with Crippen LogP contribution >= 0.6 is 24.0 Å². The molecule has 90 valence electrons. The standard InChI is InChI=1S/C11H19N3S2/c1-8(2)10-12-13-11(15)14(10)7-9-3-5-16-6-4-9/h8-9H,3-7H2,1-2H3,(H,13,15). The molecule has 3 nitrogen and oxygen atoms in total. The molecule has 1 aliphatic rings. The van der Waals surface area contributed by atoms with Crippen LogP contribution in [0, 0.1) is 10.7 Å². The van der Waals surface area contributed by atoms with Crippen molar-refractivity contribution in [1.29, 1.82) is 0 Å². The third-order valence-electron chi connectivity index (χ3n) is 3.09. The van der Waals surface area contributed by atoms with Gasteiger partial charge in [0.15, 0.2) is 4.77 Å². The number of nitrogens with one attached hydrogen (secondary N) is 1. The molecule has 5 heteroatoms. The van der Waals surface area contributed by atoms with Crippen molar-refractivity contribution in [3.05, 3.63) is 10.6 Å². The lowest BCUT2D eigenvalue weighted by atomic mass is 10.0. The van der Waals surface area contributed by atoms with Gasteiger partial charge in [0.1, 0.15) is 5.82 Å². The van der Waals surface area contributed by atoms with Gasteiger partial charge in [-0.3, -0.25) is 5.10 Å². The first-order chi connectivity index (χ1) is 7.68. The summed E-state index contributed by atoms with van der Waals surface area (Å²) in [5.74, 6) is 4.91. The van der Waals surface area contributed by atoms with Crippen LogP contribution < -0.4 is 0 Å². The molecular weight excluding hydrogens is 238 g/mol. The lowest BCUT2D eigenvalue weighted by molar-refractivity contribution is 0.403. The Kier molecular flexibility index (Phi) is 4.08. The maximum Gasteiger partial charge on any atom is 0.195 e. The second-order valence-electron chi connectivity index (χ2n) is 4.71. The van der Waals surface area contributed by atoms with Crippen LogP contribution in [0.2, 0.25) is 0 Å². The highest BCUT2D eigenvalue weighted by Crippen LogP contribution is 2.25. The average molecular weight is 257 g/mol. The van der Waals surface area contributed by atoms with Gasteiger partial charge in [-0.1, -0.05) is 13.8 Å². The maximum absolute atomic E-state index is 5.30. The van der Waals surface area contributed by atoms with Gasteiger partial charge in [-0.25, -0.2) is 0 Å². The summed E-state index contributed by atoms with van der Waals surface area (Å²) in [4.78, 5) is 0. The molecule has 1 aliphatic heterocycles. The lowest BCUT2D eigenvalue weighted by Crippen LogP contribution is -2.18. The summed E-state index contributed by atoms with van der Waals surface area (Å²) in [6, 6.07) is 0. The Morgan fingerprint density at radius 2 is 2.19 bits per heavy atom. The van der Waals surface area contributed by atoms with Crippen LogP contribution in [0.3, 0.4) is 0 Å². The predicted octanol–water partition coefficient (Wildman–Crippen LogP) is 3.21. The van der Waals surface area contributed by atoms with E-state index in [1.807, 2.05) is 0 Å². The molecule has 1 aromatic rings. The largest absolute Gasteiger partial charge is 0.304 e. The van der Waals surface area contributed by atoms with Crippen LogP contribution in [-0.2, 0) is 6.54 Å². The zero-order valence-electron chi connectivity index (χ0n) is 9.90. The lowest BCUT2D eigenvalue weighted by Gasteiger charge is -2.22. The van der Waals surface area contributed by atoms with Crippen LogP contribution in [0.1, 0.15) is 38.4 Å². The molecule has 2 heterocycles. The molecule has 0 saturated carbocycles. The quantitative estimate of drug-likeness (QED) is 0.844. The van der Waals surface area contributed by atoms with Crippen molar-refractivity contribution < 1.29 is 0 Å². The number of nitrogens with zero attached hydrogens (tertiary/aromatic N) is 2. The predicted molar refractivity (Wildman–Crippen MR) is 71.5 cm³/mol. The maximum atomic E-state index is 5.30. The molecule has 16 heavy (non-hydrogen) atoms. The Morgan fingerprint density at radius 3 is 2.81 bits per heavy atom. The highest BCUT2D eigenvalue weighted by molar-refractivity contribution is 7.99. The van der Waals surface area contributed by atoms with E-state index in [9.17, 15) is 0 Å². The molecule has 0 aromatic carbocycles. The number of hydrogen-bond donors (Lipinski definition) is 1. The zero-order chi connectivity index (χ0) is 11.5. The summed E-state index contributed by atoms with van der Waals surface area (Å²) in [6.45, 7) is 5.37. The minimum atomic E-state index is 0.436. The van der Waals surface area contributed by atoms with Gasteiger partial charge in [0.25, 0.3) is 0 Å². The first kappa shape index (κ1) is 12.2. The second-order valence-corrected chi connectivity index (χ2v) is 6.32. The van der Waals surface area contributed by atoms with Crippen molar-refractivity contribution in [2.45, 2.75) is 39.2 Å². The van der Waals surface area contributed by atoms with Crippen LogP contribution in [0.15, 0.2) is 0 Å². The van der Waals surface area contributed by atoms with Crippen molar-refractivity contribution in [3.63, 3.8) is 0 Å². The van der Waals surface area contributed by atoms with Crippen LogP contribution in [0.5, 0.6) is 0 Å². The number of aromatic nitrogens is 3. The number of H-pyrrole nitrogens is 1. The summed E-state index contributed by atoms with van der Waals surface area (Å²) in [5.41, 5.74) is 0. The minimum absolute atomic E-state index is 0.436. The molecule has 0 spiro atoms. The monoisotopic (exact) mass is 257 g/mol. The smallest absolute Gasteiger partial charge is 0.195 e. The Hall–Kier alpha value is -0.290. The Bertz CT molecular complexity index is 388.